The summed E-state index contributed by atoms with van der Waals surface area (Å²) < 4.78 is 11.3. The van der Waals surface area contributed by atoms with E-state index in [0.29, 0.717) is 25.6 Å². The molecule has 6 nitrogen and oxygen atoms in total. The Morgan fingerprint density at radius 3 is 1.48 bits per heavy atom. The van der Waals surface area contributed by atoms with Crippen molar-refractivity contribution in [3.63, 3.8) is 0 Å². The van der Waals surface area contributed by atoms with E-state index in [1.54, 1.807) is 0 Å². The van der Waals surface area contributed by atoms with Gasteiger partial charge in [-0.2, -0.15) is 0 Å². The van der Waals surface area contributed by atoms with E-state index in [9.17, 15) is 14.7 Å². The van der Waals surface area contributed by atoms with Gasteiger partial charge in [-0.1, -0.05) is 169 Å². The maximum Gasteiger partial charge on any atom is 0.308 e. The summed E-state index contributed by atoms with van der Waals surface area (Å²) >= 11 is 0. The summed E-state index contributed by atoms with van der Waals surface area (Å²) in [7, 11) is 0. The minimum atomic E-state index is -0.0271. The van der Waals surface area contributed by atoms with Crippen LogP contribution in [0.2, 0.25) is 0 Å². The van der Waals surface area contributed by atoms with Crippen molar-refractivity contribution in [2.45, 2.75) is 220 Å². The lowest BCUT2D eigenvalue weighted by Gasteiger charge is -2.21. The highest BCUT2D eigenvalue weighted by atomic mass is 16.5. The predicted molar refractivity (Wildman–Crippen MR) is 214 cm³/mol. The Morgan fingerprint density at radius 1 is 0.520 bits per heavy atom. The highest BCUT2D eigenvalue weighted by Crippen LogP contribution is 2.20. The molecule has 0 spiro atoms. The van der Waals surface area contributed by atoms with Gasteiger partial charge >= 0.3 is 11.9 Å². The highest BCUT2D eigenvalue weighted by Gasteiger charge is 2.14. The van der Waals surface area contributed by atoms with Crippen LogP contribution in [0.3, 0.4) is 0 Å². The SMILES string of the molecule is CCCCCCCCCOC(=O)C(C)CCCCCCN(CCO)CCCCCCCC(=O)OCC(CCCCCCC)CCCCCCC. The van der Waals surface area contributed by atoms with E-state index < -0.39 is 0 Å². The van der Waals surface area contributed by atoms with Crippen molar-refractivity contribution in [1.29, 1.82) is 0 Å². The fraction of sp³-hybridized carbons (Fsp3) is 0.955. The number of unbranched alkanes of at least 4 members (excludes halogenated alkanes) is 21. The van der Waals surface area contributed by atoms with Crippen LogP contribution in [0.5, 0.6) is 0 Å². The second-order valence-electron chi connectivity index (χ2n) is 15.4. The van der Waals surface area contributed by atoms with Crippen LogP contribution >= 0.6 is 0 Å². The largest absolute Gasteiger partial charge is 0.465 e. The third-order valence-corrected chi connectivity index (χ3v) is 10.4. The summed E-state index contributed by atoms with van der Waals surface area (Å²) in [5.41, 5.74) is 0. The van der Waals surface area contributed by atoms with Gasteiger partial charge in [-0.05, 0) is 64.0 Å². The fourth-order valence-electron chi connectivity index (χ4n) is 6.91. The lowest BCUT2D eigenvalue weighted by Crippen LogP contribution is -2.29. The van der Waals surface area contributed by atoms with Gasteiger partial charge in [-0.15, -0.1) is 0 Å². The lowest BCUT2D eigenvalue weighted by molar-refractivity contribution is -0.148. The number of ether oxygens (including phenoxy) is 2. The number of carbonyl (C=O) groups excluding carboxylic acids is 2. The van der Waals surface area contributed by atoms with Crippen molar-refractivity contribution in [3.8, 4) is 0 Å². The second-order valence-corrected chi connectivity index (χ2v) is 15.4. The van der Waals surface area contributed by atoms with E-state index in [1.807, 2.05) is 6.92 Å². The summed E-state index contributed by atoms with van der Waals surface area (Å²) in [5, 5.41) is 9.55. The number of carbonyl (C=O) groups is 2. The topological polar surface area (TPSA) is 76.1 Å². The third kappa shape index (κ3) is 34.0. The molecule has 0 aromatic rings. The van der Waals surface area contributed by atoms with Crippen molar-refractivity contribution in [2.75, 3.05) is 39.5 Å². The third-order valence-electron chi connectivity index (χ3n) is 10.4. The molecule has 0 amide bonds. The van der Waals surface area contributed by atoms with E-state index in [0.717, 1.165) is 90.3 Å². The molecular weight excluding hydrogens is 622 g/mol. The number of hydrogen-bond donors (Lipinski definition) is 1. The molecule has 0 aliphatic carbocycles. The number of aliphatic hydroxyl groups is 1. The van der Waals surface area contributed by atoms with Gasteiger partial charge in [0.25, 0.3) is 0 Å². The Hall–Kier alpha value is -1.14. The van der Waals surface area contributed by atoms with Gasteiger partial charge < -0.3 is 19.5 Å². The average Bonchev–Trinajstić information content (AvgIpc) is 3.11. The maximum atomic E-state index is 12.5. The van der Waals surface area contributed by atoms with Gasteiger partial charge in [0.2, 0.25) is 0 Å². The molecule has 0 rings (SSSR count). The minimum Gasteiger partial charge on any atom is -0.465 e. The van der Waals surface area contributed by atoms with Crippen LogP contribution in [0.15, 0.2) is 0 Å². The first-order chi connectivity index (χ1) is 24.5. The van der Waals surface area contributed by atoms with Gasteiger partial charge in [-0.25, -0.2) is 0 Å². The van der Waals surface area contributed by atoms with Crippen LogP contribution in [-0.4, -0.2) is 61.4 Å². The molecule has 6 heteroatoms. The molecule has 0 fully saturated rings. The summed E-state index contributed by atoms with van der Waals surface area (Å²) in [4.78, 5) is 27.2. The number of rotatable bonds is 40. The molecule has 0 saturated carbocycles. The van der Waals surface area contributed by atoms with Crippen LogP contribution in [0, 0.1) is 11.8 Å². The first kappa shape index (κ1) is 48.9. The van der Waals surface area contributed by atoms with E-state index in [-0.39, 0.29) is 24.5 Å². The molecule has 0 aliphatic heterocycles. The van der Waals surface area contributed by atoms with Gasteiger partial charge in [0.15, 0.2) is 0 Å². The van der Waals surface area contributed by atoms with Gasteiger partial charge in [0, 0.05) is 13.0 Å². The van der Waals surface area contributed by atoms with Crippen LogP contribution in [0.4, 0.5) is 0 Å². The van der Waals surface area contributed by atoms with Crippen molar-refractivity contribution >= 4 is 11.9 Å². The number of esters is 2. The molecule has 0 aromatic heterocycles. The maximum absolute atomic E-state index is 12.5. The lowest BCUT2D eigenvalue weighted by atomic mass is 9.95. The van der Waals surface area contributed by atoms with Crippen LogP contribution < -0.4 is 0 Å². The standard InChI is InChI=1S/C44H87NO5/c1-5-8-11-14-15-23-30-39-49-44(48)41(4)31-24-20-22-29-36-45(37-38-46)35-28-21-16-19-27-34-43(47)50-40-42(32-25-17-12-9-6-2)33-26-18-13-10-7-3/h41-42,46H,5-40H2,1-4H3. The molecule has 50 heavy (non-hydrogen) atoms. The van der Waals surface area contributed by atoms with Crippen molar-refractivity contribution in [3.05, 3.63) is 0 Å². The zero-order chi connectivity index (χ0) is 36.8. The quantitative estimate of drug-likeness (QED) is 0.0504. The van der Waals surface area contributed by atoms with E-state index in [2.05, 4.69) is 25.7 Å². The molecule has 1 unspecified atom stereocenters. The molecule has 298 valence electrons. The Balaban J connectivity index is 3.94. The van der Waals surface area contributed by atoms with Crippen molar-refractivity contribution in [2.24, 2.45) is 11.8 Å². The summed E-state index contributed by atoms with van der Waals surface area (Å²) in [6.07, 6.45) is 35.5. The molecule has 0 heterocycles. The highest BCUT2D eigenvalue weighted by molar-refractivity contribution is 5.71. The Morgan fingerprint density at radius 2 is 0.960 bits per heavy atom. The van der Waals surface area contributed by atoms with E-state index in [4.69, 9.17) is 9.47 Å². The van der Waals surface area contributed by atoms with Crippen LogP contribution in [0.1, 0.15) is 220 Å². The Kier molecular flexibility index (Phi) is 38.2. The summed E-state index contributed by atoms with van der Waals surface area (Å²) in [5.74, 6) is 0.496. The molecule has 1 atom stereocenters. The summed E-state index contributed by atoms with van der Waals surface area (Å²) in [6, 6.07) is 0. The monoisotopic (exact) mass is 710 g/mol. The molecule has 0 aromatic carbocycles. The average molecular weight is 710 g/mol. The zero-order valence-corrected chi connectivity index (χ0v) is 34.1. The first-order valence-electron chi connectivity index (χ1n) is 22.1. The minimum absolute atomic E-state index is 0.00530. The molecule has 0 saturated heterocycles. The smallest absolute Gasteiger partial charge is 0.308 e. The Bertz CT molecular complexity index is 703. The number of nitrogens with zero attached hydrogens (tertiary/aromatic N) is 1. The van der Waals surface area contributed by atoms with Crippen LogP contribution in [-0.2, 0) is 19.1 Å². The number of aliphatic hydroxyl groups excluding tert-OH is 1. The summed E-state index contributed by atoms with van der Waals surface area (Å²) in [6.45, 7) is 13.0. The van der Waals surface area contributed by atoms with E-state index >= 15 is 0 Å². The van der Waals surface area contributed by atoms with Crippen molar-refractivity contribution < 1.29 is 24.2 Å². The van der Waals surface area contributed by atoms with Crippen molar-refractivity contribution in [1.82, 2.24) is 4.90 Å². The normalized spacial score (nSPS) is 12.2. The molecule has 0 bridgehead atoms. The predicted octanol–water partition coefficient (Wildman–Crippen LogP) is 12.4. The fourth-order valence-corrected chi connectivity index (χ4v) is 6.91. The molecular formula is C44H87NO5. The van der Waals surface area contributed by atoms with Gasteiger partial charge in [0.1, 0.15) is 0 Å². The van der Waals surface area contributed by atoms with Crippen LogP contribution in [0.25, 0.3) is 0 Å². The van der Waals surface area contributed by atoms with Gasteiger partial charge in [-0.3, -0.25) is 9.59 Å². The molecule has 1 N–H and O–H groups in total. The van der Waals surface area contributed by atoms with Gasteiger partial charge in [0.05, 0.1) is 25.7 Å². The molecule has 0 radical (unpaired) electrons. The number of hydrogen-bond acceptors (Lipinski definition) is 6. The Labute approximate surface area is 312 Å². The molecule has 0 aliphatic rings. The first-order valence-corrected chi connectivity index (χ1v) is 22.1. The van der Waals surface area contributed by atoms with E-state index in [1.165, 1.54) is 116 Å². The second kappa shape index (κ2) is 39.1. The zero-order valence-electron chi connectivity index (χ0n) is 34.1.